The van der Waals surface area contributed by atoms with E-state index in [1.807, 2.05) is 61.5 Å². The Balaban J connectivity index is 0.00000196. The van der Waals surface area contributed by atoms with Gasteiger partial charge in [0.1, 0.15) is 17.0 Å². The number of phenols is 2. The van der Waals surface area contributed by atoms with Gasteiger partial charge in [0.05, 0.1) is 0 Å². The molecule has 0 aliphatic rings. The third-order valence-electron chi connectivity index (χ3n) is 4.41. The maximum Gasteiger partial charge on any atom is 0.141 e. The van der Waals surface area contributed by atoms with Crippen LogP contribution < -0.4 is 0 Å². The van der Waals surface area contributed by atoms with Crippen LogP contribution in [0, 0.1) is 6.92 Å². The van der Waals surface area contributed by atoms with E-state index in [0.717, 1.165) is 33.3 Å². The lowest BCUT2D eigenvalue weighted by Gasteiger charge is -2.12. The van der Waals surface area contributed by atoms with Gasteiger partial charge in [-0.25, -0.2) is 4.98 Å². The largest absolute Gasteiger partial charge is 0.507 e. The Kier molecular flexibility index (Phi) is 4.99. The van der Waals surface area contributed by atoms with Gasteiger partial charge in [0, 0.05) is 39.6 Å². The molecule has 0 amide bonds. The molecule has 2 N–H and O–H groups in total. The van der Waals surface area contributed by atoms with Crippen LogP contribution in [0.3, 0.4) is 0 Å². The molecule has 4 aromatic rings. The molecule has 0 bridgehead atoms. The number of fused-ring (bicyclic) bond motifs is 1. The summed E-state index contributed by atoms with van der Waals surface area (Å²) in [4.78, 5) is 4.53. The fourth-order valence-corrected chi connectivity index (χ4v) is 3.11. The molecule has 4 heteroatoms. The lowest BCUT2D eigenvalue weighted by atomic mass is 9.96. The molecular weight excluding hydrogens is 337 g/mol. The minimum atomic E-state index is 0. The molecule has 0 saturated heterocycles. The predicted molar refractivity (Wildman–Crippen MR) is 106 cm³/mol. The quantitative estimate of drug-likeness (QED) is 0.503. The Morgan fingerprint density at radius 1 is 0.692 bits per heavy atom. The molecule has 0 aliphatic heterocycles. The van der Waals surface area contributed by atoms with Gasteiger partial charge in [-0.2, -0.15) is 0 Å². The van der Waals surface area contributed by atoms with Crippen LogP contribution in [0.2, 0.25) is 0 Å². The van der Waals surface area contributed by atoms with Gasteiger partial charge in [-0.15, -0.1) is 0 Å². The standard InChI is InChI=1S/C22H17NO2.Al/c1-14-18(13-17-8-5-9-21(25)22(17)23-14)19-12-16(10-11-20(19)24)15-6-3-2-4-7-15;/h2-13,24-25H,1H3;. The number of hydrogen-bond donors (Lipinski definition) is 2. The van der Waals surface area contributed by atoms with E-state index in [4.69, 9.17) is 0 Å². The average Bonchev–Trinajstić information content (AvgIpc) is 2.63. The van der Waals surface area contributed by atoms with E-state index in [0.29, 0.717) is 5.52 Å². The number of rotatable bonds is 2. The second-order valence-corrected chi connectivity index (χ2v) is 6.07. The highest BCUT2D eigenvalue weighted by Crippen LogP contribution is 2.37. The van der Waals surface area contributed by atoms with Crippen LogP contribution >= 0.6 is 0 Å². The Labute approximate surface area is 162 Å². The van der Waals surface area contributed by atoms with Crippen LogP contribution in [0.4, 0.5) is 0 Å². The molecule has 0 fully saturated rings. The van der Waals surface area contributed by atoms with Gasteiger partial charge in [0.2, 0.25) is 0 Å². The fraction of sp³-hybridized carbons (Fsp3) is 0.0455. The highest BCUT2D eigenvalue weighted by atomic mass is 27.0. The monoisotopic (exact) mass is 354 g/mol. The van der Waals surface area contributed by atoms with E-state index in [9.17, 15) is 10.2 Å². The summed E-state index contributed by atoms with van der Waals surface area (Å²) >= 11 is 0. The first-order valence-corrected chi connectivity index (χ1v) is 8.11. The average molecular weight is 354 g/mol. The Morgan fingerprint density at radius 2 is 1.46 bits per heavy atom. The SMILES string of the molecule is Cc1nc2c(O)cccc2cc1-c1cc(-c2ccccc2)ccc1O.[Al]. The number of phenolic OH excluding ortho intramolecular Hbond substituents is 2. The lowest BCUT2D eigenvalue weighted by molar-refractivity contribution is 0.477. The Hall–Kier alpha value is -2.80. The van der Waals surface area contributed by atoms with Crippen LogP contribution in [-0.4, -0.2) is 32.6 Å². The molecule has 0 spiro atoms. The number of pyridine rings is 1. The van der Waals surface area contributed by atoms with Crippen LogP contribution in [0.5, 0.6) is 11.5 Å². The van der Waals surface area contributed by atoms with Crippen molar-refractivity contribution in [2.24, 2.45) is 0 Å². The molecule has 0 aliphatic carbocycles. The van der Waals surface area contributed by atoms with E-state index >= 15 is 0 Å². The molecule has 0 unspecified atom stereocenters. The highest BCUT2D eigenvalue weighted by Gasteiger charge is 2.13. The van der Waals surface area contributed by atoms with E-state index < -0.39 is 0 Å². The highest BCUT2D eigenvalue weighted by molar-refractivity contribution is 5.90. The molecule has 1 heterocycles. The van der Waals surface area contributed by atoms with Crippen molar-refractivity contribution in [3.8, 4) is 33.8 Å². The summed E-state index contributed by atoms with van der Waals surface area (Å²) in [6.45, 7) is 1.88. The molecule has 4 rings (SSSR count). The van der Waals surface area contributed by atoms with Crippen molar-refractivity contribution in [1.29, 1.82) is 0 Å². The maximum atomic E-state index is 10.4. The number of hydrogen-bond acceptors (Lipinski definition) is 3. The van der Waals surface area contributed by atoms with Crippen molar-refractivity contribution in [3.63, 3.8) is 0 Å². The molecule has 0 atom stereocenters. The smallest absolute Gasteiger partial charge is 0.141 e. The molecule has 3 radical (unpaired) electrons. The number of nitrogens with zero attached hydrogens (tertiary/aromatic N) is 1. The third-order valence-corrected chi connectivity index (χ3v) is 4.41. The molecule has 1 aromatic heterocycles. The van der Waals surface area contributed by atoms with Crippen molar-refractivity contribution in [3.05, 3.63) is 78.5 Å². The van der Waals surface area contributed by atoms with Gasteiger partial charge in [0.15, 0.2) is 0 Å². The summed E-state index contributed by atoms with van der Waals surface area (Å²) in [6.07, 6.45) is 0. The summed E-state index contributed by atoms with van der Waals surface area (Å²) in [6, 6.07) is 22.9. The zero-order valence-electron chi connectivity index (χ0n) is 14.3. The zero-order chi connectivity index (χ0) is 17.4. The van der Waals surface area contributed by atoms with Crippen LogP contribution in [0.15, 0.2) is 72.8 Å². The Bertz CT molecular complexity index is 1080. The first kappa shape index (κ1) is 18.0. The van der Waals surface area contributed by atoms with Crippen LogP contribution in [0.25, 0.3) is 33.2 Å². The first-order valence-electron chi connectivity index (χ1n) is 8.11. The molecular formula is C22H17AlNO2. The van der Waals surface area contributed by atoms with Crippen molar-refractivity contribution >= 4 is 28.3 Å². The van der Waals surface area contributed by atoms with Gasteiger partial charge in [-0.1, -0.05) is 48.5 Å². The van der Waals surface area contributed by atoms with Crippen LogP contribution in [0.1, 0.15) is 5.69 Å². The van der Waals surface area contributed by atoms with E-state index in [2.05, 4.69) is 4.98 Å². The van der Waals surface area contributed by atoms with Crippen molar-refractivity contribution in [1.82, 2.24) is 4.98 Å². The summed E-state index contributed by atoms with van der Waals surface area (Å²) in [5.41, 5.74) is 5.04. The summed E-state index contributed by atoms with van der Waals surface area (Å²) in [5, 5.41) is 21.2. The van der Waals surface area contributed by atoms with Crippen molar-refractivity contribution in [2.75, 3.05) is 0 Å². The number of aryl methyl sites for hydroxylation is 1. The summed E-state index contributed by atoms with van der Waals surface area (Å²) in [5.74, 6) is 0.374. The van der Waals surface area contributed by atoms with Gasteiger partial charge in [-0.3, -0.25) is 0 Å². The van der Waals surface area contributed by atoms with Crippen molar-refractivity contribution in [2.45, 2.75) is 6.92 Å². The second-order valence-electron chi connectivity index (χ2n) is 6.07. The van der Waals surface area contributed by atoms with E-state index in [1.165, 1.54) is 0 Å². The van der Waals surface area contributed by atoms with Gasteiger partial charge in [-0.05, 0) is 42.3 Å². The number of aromatic hydroxyl groups is 2. The normalized spacial score (nSPS) is 10.5. The lowest BCUT2D eigenvalue weighted by Crippen LogP contribution is -1.91. The predicted octanol–water partition coefficient (Wildman–Crippen LogP) is 4.91. The molecule has 26 heavy (non-hydrogen) atoms. The zero-order valence-corrected chi connectivity index (χ0v) is 15.5. The first-order chi connectivity index (χ1) is 12.1. The minimum absolute atomic E-state index is 0. The number of aromatic nitrogens is 1. The second kappa shape index (κ2) is 7.21. The van der Waals surface area contributed by atoms with Gasteiger partial charge >= 0.3 is 0 Å². The summed E-state index contributed by atoms with van der Waals surface area (Å²) < 4.78 is 0. The molecule has 125 valence electrons. The fourth-order valence-electron chi connectivity index (χ4n) is 3.11. The topological polar surface area (TPSA) is 53.4 Å². The molecule has 3 aromatic carbocycles. The van der Waals surface area contributed by atoms with E-state index in [-0.39, 0.29) is 28.9 Å². The summed E-state index contributed by atoms with van der Waals surface area (Å²) in [7, 11) is 0. The maximum absolute atomic E-state index is 10.4. The van der Waals surface area contributed by atoms with Crippen molar-refractivity contribution < 1.29 is 10.2 Å². The number of benzene rings is 3. The Morgan fingerprint density at radius 3 is 2.23 bits per heavy atom. The minimum Gasteiger partial charge on any atom is -0.507 e. The van der Waals surface area contributed by atoms with E-state index in [1.54, 1.807) is 18.2 Å². The molecule has 0 saturated carbocycles. The van der Waals surface area contributed by atoms with Crippen LogP contribution in [-0.2, 0) is 0 Å². The van der Waals surface area contributed by atoms with Gasteiger partial charge in [0.25, 0.3) is 0 Å². The molecule has 3 nitrogen and oxygen atoms in total. The van der Waals surface area contributed by atoms with Gasteiger partial charge < -0.3 is 10.2 Å². The third kappa shape index (κ3) is 3.18. The number of para-hydroxylation sites is 1.